The van der Waals surface area contributed by atoms with Crippen molar-refractivity contribution in [1.29, 1.82) is 0 Å². The van der Waals surface area contributed by atoms with Gasteiger partial charge in [0.2, 0.25) is 0 Å². The van der Waals surface area contributed by atoms with Crippen LogP contribution in [0.2, 0.25) is 0 Å². The van der Waals surface area contributed by atoms with Gasteiger partial charge in [-0.3, -0.25) is 0 Å². The minimum atomic E-state index is 0.206. The van der Waals surface area contributed by atoms with Gasteiger partial charge in [-0.1, -0.05) is 20.8 Å². The van der Waals surface area contributed by atoms with Crippen molar-refractivity contribution in [1.82, 2.24) is 10.6 Å². The third kappa shape index (κ3) is 1.53. The Hall–Kier alpha value is -0.920. The van der Waals surface area contributed by atoms with Crippen molar-refractivity contribution in [2.24, 2.45) is 5.41 Å². The van der Waals surface area contributed by atoms with E-state index in [2.05, 4.69) is 31.4 Å². The van der Waals surface area contributed by atoms with Crippen molar-refractivity contribution in [2.45, 2.75) is 20.8 Å². The van der Waals surface area contributed by atoms with Gasteiger partial charge in [-0.15, -0.1) is 0 Å². The lowest BCUT2D eigenvalue weighted by Crippen LogP contribution is -2.25. The Morgan fingerprint density at radius 3 is 2.20 bits per heavy atom. The van der Waals surface area contributed by atoms with Gasteiger partial charge >= 0.3 is 0 Å². The second-order valence-corrected chi connectivity index (χ2v) is 3.45. The zero-order valence-corrected chi connectivity index (χ0v) is 6.73. The summed E-state index contributed by atoms with van der Waals surface area (Å²) < 4.78 is 0. The molecule has 1 aliphatic heterocycles. The highest BCUT2D eigenvalue weighted by Crippen LogP contribution is 2.22. The molecule has 0 aliphatic carbocycles. The summed E-state index contributed by atoms with van der Waals surface area (Å²) in [5.41, 5.74) is 1.42. The zero-order chi connectivity index (χ0) is 7.61. The van der Waals surface area contributed by atoms with Crippen molar-refractivity contribution in [2.75, 3.05) is 0 Å². The van der Waals surface area contributed by atoms with Crippen LogP contribution in [0.15, 0.2) is 24.3 Å². The number of hydrogen-bond donors (Lipinski definition) is 2. The van der Waals surface area contributed by atoms with Gasteiger partial charge in [0.15, 0.2) is 0 Å². The van der Waals surface area contributed by atoms with Gasteiger partial charge in [0, 0.05) is 29.7 Å². The molecule has 0 atom stereocenters. The van der Waals surface area contributed by atoms with Gasteiger partial charge in [0.25, 0.3) is 0 Å². The van der Waals surface area contributed by atoms with Crippen LogP contribution in [0.1, 0.15) is 20.8 Å². The summed E-state index contributed by atoms with van der Waals surface area (Å²) in [6.45, 7) is 6.52. The maximum Gasteiger partial charge on any atom is 0.0364 e. The van der Waals surface area contributed by atoms with Crippen molar-refractivity contribution in [3.05, 3.63) is 24.3 Å². The molecule has 0 aromatic heterocycles. The van der Waals surface area contributed by atoms with Gasteiger partial charge in [0.05, 0.1) is 0 Å². The van der Waals surface area contributed by atoms with Crippen LogP contribution in [-0.4, -0.2) is 0 Å². The number of allylic oxidation sites excluding steroid dienone is 1. The highest BCUT2D eigenvalue weighted by Gasteiger charge is 2.16. The molecule has 0 amide bonds. The zero-order valence-electron chi connectivity index (χ0n) is 6.73. The van der Waals surface area contributed by atoms with Crippen LogP contribution in [0.3, 0.4) is 0 Å². The smallest absolute Gasteiger partial charge is 0.0364 e. The van der Waals surface area contributed by atoms with E-state index < -0.39 is 0 Å². The Labute approximate surface area is 62.0 Å². The standard InChI is InChI=1S/C8H14N2/c1-8(2,3)7-6-9-4-5-10-7/h4-6,9-10H,1-3H3. The largest absolute Gasteiger partial charge is 0.365 e. The number of hydrogen-bond acceptors (Lipinski definition) is 2. The quantitative estimate of drug-likeness (QED) is 0.530. The summed E-state index contributed by atoms with van der Waals surface area (Å²) >= 11 is 0. The monoisotopic (exact) mass is 138 g/mol. The van der Waals surface area contributed by atoms with Crippen LogP contribution in [0.4, 0.5) is 0 Å². The molecule has 0 radical (unpaired) electrons. The molecule has 2 heteroatoms. The van der Waals surface area contributed by atoms with Crippen LogP contribution in [0.25, 0.3) is 0 Å². The Bertz CT molecular complexity index is 172. The van der Waals surface area contributed by atoms with Gasteiger partial charge in [-0.25, -0.2) is 0 Å². The Morgan fingerprint density at radius 2 is 1.90 bits per heavy atom. The van der Waals surface area contributed by atoms with E-state index in [4.69, 9.17) is 0 Å². The summed E-state index contributed by atoms with van der Waals surface area (Å²) in [5, 5.41) is 6.21. The minimum absolute atomic E-state index is 0.206. The topological polar surface area (TPSA) is 24.1 Å². The van der Waals surface area contributed by atoms with Crippen molar-refractivity contribution in [3.63, 3.8) is 0 Å². The average Bonchev–Trinajstić information content (AvgIpc) is 1.88. The fraction of sp³-hybridized carbons (Fsp3) is 0.500. The molecule has 0 saturated carbocycles. The molecular formula is C8H14N2. The fourth-order valence-electron chi connectivity index (χ4n) is 0.786. The second kappa shape index (κ2) is 2.37. The minimum Gasteiger partial charge on any atom is -0.365 e. The van der Waals surface area contributed by atoms with Gasteiger partial charge in [0.1, 0.15) is 0 Å². The Kier molecular flexibility index (Phi) is 1.70. The highest BCUT2D eigenvalue weighted by atomic mass is 15.0. The first-order valence-corrected chi connectivity index (χ1v) is 3.49. The molecule has 0 aromatic carbocycles. The van der Waals surface area contributed by atoms with Crippen molar-refractivity contribution >= 4 is 0 Å². The first-order valence-electron chi connectivity index (χ1n) is 3.49. The lowest BCUT2D eigenvalue weighted by Gasteiger charge is -2.24. The van der Waals surface area contributed by atoms with E-state index in [1.54, 1.807) is 0 Å². The van der Waals surface area contributed by atoms with E-state index in [9.17, 15) is 0 Å². The molecule has 0 spiro atoms. The summed E-state index contributed by atoms with van der Waals surface area (Å²) in [5.74, 6) is 0. The molecule has 0 bridgehead atoms. The van der Waals surface area contributed by atoms with Crippen molar-refractivity contribution < 1.29 is 0 Å². The van der Waals surface area contributed by atoms with Crippen LogP contribution in [-0.2, 0) is 0 Å². The van der Waals surface area contributed by atoms with Crippen LogP contribution in [0, 0.1) is 5.41 Å². The molecule has 2 nitrogen and oxygen atoms in total. The molecule has 0 fully saturated rings. The van der Waals surface area contributed by atoms with Gasteiger partial charge < -0.3 is 10.6 Å². The van der Waals surface area contributed by atoms with Crippen LogP contribution >= 0.6 is 0 Å². The summed E-state index contributed by atoms with van der Waals surface area (Å²) in [6.07, 6.45) is 5.76. The fourth-order valence-corrected chi connectivity index (χ4v) is 0.786. The van der Waals surface area contributed by atoms with E-state index in [1.165, 1.54) is 5.70 Å². The van der Waals surface area contributed by atoms with E-state index in [1.807, 2.05) is 18.6 Å². The molecule has 0 aromatic rings. The normalized spacial score (nSPS) is 17.3. The lowest BCUT2D eigenvalue weighted by atomic mass is 9.92. The van der Waals surface area contributed by atoms with E-state index in [-0.39, 0.29) is 5.41 Å². The molecule has 0 unspecified atom stereocenters. The Morgan fingerprint density at radius 1 is 1.20 bits per heavy atom. The van der Waals surface area contributed by atoms with E-state index >= 15 is 0 Å². The average molecular weight is 138 g/mol. The third-order valence-corrected chi connectivity index (χ3v) is 1.45. The summed E-state index contributed by atoms with van der Waals surface area (Å²) in [4.78, 5) is 0. The van der Waals surface area contributed by atoms with Gasteiger partial charge in [-0.05, 0) is 0 Å². The number of nitrogens with one attached hydrogen (secondary N) is 2. The SMILES string of the molecule is CC(C)(C)C1=CNC=CN1. The van der Waals surface area contributed by atoms with Crippen molar-refractivity contribution in [3.8, 4) is 0 Å². The molecule has 1 aliphatic rings. The lowest BCUT2D eigenvalue weighted by molar-refractivity contribution is 0.472. The predicted molar refractivity (Wildman–Crippen MR) is 42.9 cm³/mol. The molecular weight excluding hydrogens is 124 g/mol. The first kappa shape index (κ1) is 7.19. The Balaban J connectivity index is 2.65. The molecule has 1 rings (SSSR count). The number of rotatable bonds is 0. The third-order valence-electron chi connectivity index (χ3n) is 1.45. The maximum absolute atomic E-state index is 3.18. The molecule has 1 heterocycles. The van der Waals surface area contributed by atoms with E-state index in [0.717, 1.165) is 0 Å². The predicted octanol–water partition coefficient (Wildman–Crippen LogP) is 1.54. The molecule has 10 heavy (non-hydrogen) atoms. The molecule has 0 saturated heterocycles. The van der Waals surface area contributed by atoms with Gasteiger partial charge in [-0.2, -0.15) is 0 Å². The highest BCUT2D eigenvalue weighted by molar-refractivity contribution is 5.14. The molecule has 2 N–H and O–H groups in total. The van der Waals surface area contributed by atoms with E-state index in [0.29, 0.717) is 0 Å². The summed E-state index contributed by atoms with van der Waals surface area (Å²) in [7, 11) is 0. The summed E-state index contributed by atoms with van der Waals surface area (Å²) in [6, 6.07) is 0. The molecule has 56 valence electrons. The maximum atomic E-state index is 3.18. The van der Waals surface area contributed by atoms with Crippen LogP contribution < -0.4 is 10.6 Å². The first-order chi connectivity index (χ1) is 4.61. The second-order valence-electron chi connectivity index (χ2n) is 3.45. The van der Waals surface area contributed by atoms with Crippen LogP contribution in [0.5, 0.6) is 0 Å².